The lowest BCUT2D eigenvalue weighted by molar-refractivity contribution is -0.113. The number of thioether (sulfide) groups is 1. The molecule has 1 aliphatic rings. The smallest absolute Gasteiger partial charge is 0.255 e. The minimum absolute atomic E-state index is 0.131. The number of anilines is 1. The largest absolute Gasteiger partial charge is 0.310 e. The zero-order valence-electron chi connectivity index (χ0n) is 17.2. The molecular formula is C23H21N5O2S2. The molecule has 4 aromatic rings. The quantitative estimate of drug-likeness (QED) is 0.431. The second-order valence-corrected chi connectivity index (χ2v) is 9.43. The summed E-state index contributed by atoms with van der Waals surface area (Å²) < 4.78 is 1.52. The number of nitrogens with one attached hydrogen (secondary N) is 2. The van der Waals surface area contributed by atoms with Gasteiger partial charge >= 0.3 is 0 Å². The molecule has 0 saturated carbocycles. The highest BCUT2D eigenvalue weighted by Crippen LogP contribution is 2.28. The maximum atomic E-state index is 12.7. The molecule has 1 amide bonds. The van der Waals surface area contributed by atoms with Crippen molar-refractivity contribution in [1.82, 2.24) is 19.7 Å². The van der Waals surface area contributed by atoms with Gasteiger partial charge in [-0.2, -0.15) is 9.78 Å². The highest BCUT2D eigenvalue weighted by atomic mass is 32.2. The van der Waals surface area contributed by atoms with Crippen LogP contribution in [0, 0.1) is 0 Å². The number of hydrogen-bond donors (Lipinski definition) is 2. The van der Waals surface area contributed by atoms with Crippen LogP contribution in [0.4, 0.5) is 5.82 Å². The molecule has 1 aliphatic carbocycles. The Morgan fingerprint density at radius 3 is 2.88 bits per heavy atom. The molecule has 0 aliphatic heterocycles. The van der Waals surface area contributed by atoms with Gasteiger partial charge in [0.1, 0.15) is 11.5 Å². The molecule has 3 aromatic heterocycles. The first-order valence-electron chi connectivity index (χ1n) is 10.4. The molecule has 9 heteroatoms. The molecule has 2 N–H and O–H groups in total. The van der Waals surface area contributed by atoms with Crippen LogP contribution in [-0.4, -0.2) is 31.4 Å². The van der Waals surface area contributed by atoms with Gasteiger partial charge in [-0.15, -0.1) is 23.1 Å². The third-order valence-corrected chi connectivity index (χ3v) is 7.12. The van der Waals surface area contributed by atoms with Crippen molar-refractivity contribution in [1.29, 1.82) is 0 Å². The van der Waals surface area contributed by atoms with E-state index in [1.807, 2.05) is 53.9 Å². The second-order valence-electron chi connectivity index (χ2n) is 7.50. The number of aromatic nitrogens is 4. The minimum Gasteiger partial charge on any atom is -0.310 e. The van der Waals surface area contributed by atoms with Crippen molar-refractivity contribution in [2.45, 2.75) is 25.0 Å². The fraction of sp³-hybridized carbons (Fsp3) is 0.217. The van der Waals surface area contributed by atoms with Crippen LogP contribution in [0.3, 0.4) is 0 Å². The van der Waals surface area contributed by atoms with Crippen molar-refractivity contribution in [3.8, 4) is 16.5 Å². The van der Waals surface area contributed by atoms with Crippen LogP contribution < -0.4 is 10.9 Å². The van der Waals surface area contributed by atoms with Gasteiger partial charge in [0.25, 0.3) is 5.56 Å². The Morgan fingerprint density at radius 2 is 2.06 bits per heavy atom. The van der Waals surface area contributed by atoms with E-state index >= 15 is 0 Å². The number of fused-ring (bicyclic) bond motifs is 1. The van der Waals surface area contributed by atoms with Crippen LogP contribution in [-0.2, 0) is 23.4 Å². The van der Waals surface area contributed by atoms with Crippen molar-refractivity contribution in [3.63, 3.8) is 0 Å². The summed E-state index contributed by atoms with van der Waals surface area (Å²) in [6.07, 6.45) is 2.46. The number of thiophene rings is 1. The average molecular weight is 464 g/mol. The van der Waals surface area contributed by atoms with E-state index in [2.05, 4.69) is 20.4 Å². The fourth-order valence-corrected chi connectivity index (χ4v) is 5.19. The van der Waals surface area contributed by atoms with Crippen molar-refractivity contribution in [3.05, 3.63) is 81.1 Å². The van der Waals surface area contributed by atoms with Gasteiger partial charge in [-0.05, 0) is 36.3 Å². The van der Waals surface area contributed by atoms with Crippen LogP contribution in [0.25, 0.3) is 16.5 Å². The molecule has 32 heavy (non-hydrogen) atoms. The maximum absolute atomic E-state index is 12.7. The Balaban J connectivity index is 1.39. The Hall–Kier alpha value is -3.17. The summed E-state index contributed by atoms with van der Waals surface area (Å²) in [6.45, 7) is 0. The molecule has 0 fully saturated rings. The van der Waals surface area contributed by atoms with Crippen molar-refractivity contribution in [2.75, 3.05) is 11.1 Å². The first-order chi connectivity index (χ1) is 15.7. The first kappa shape index (κ1) is 20.7. The van der Waals surface area contributed by atoms with E-state index in [1.54, 1.807) is 23.1 Å². The van der Waals surface area contributed by atoms with Gasteiger partial charge < -0.3 is 5.32 Å². The summed E-state index contributed by atoms with van der Waals surface area (Å²) >= 11 is 3.11. The molecule has 0 unspecified atom stereocenters. The van der Waals surface area contributed by atoms with Crippen LogP contribution in [0.2, 0.25) is 0 Å². The van der Waals surface area contributed by atoms with Gasteiger partial charge in [-0.25, -0.2) is 4.98 Å². The summed E-state index contributed by atoms with van der Waals surface area (Å²) in [4.78, 5) is 33.7. The van der Waals surface area contributed by atoms with Crippen molar-refractivity contribution in [2.24, 2.45) is 0 Å². The maximum Gasteiger partial charge on any atom is 0.255 e. The number of carbonyl (C=O) groups is 1. The van der Waals surface area contributed by atoms with E-state index < -0.39 is 0 Å². The van der Waals surface area contributed by atoms with E-state index in [0.29, 0.717) is 17.5 Å². The summed E-state index contributed by atoms with van der Waals surface area (Å²) in [7, 11) is 0. The van der Waals surface area contributed by atoms with Crippen LogP contribution in [0.15, 0.2) is 58.7 Å². The molecule has 0 bridgehead atoms. The van der Waals surface area contributed by atoms with Crippen LogP contribution in [0.5, 0.6) is 0 Å². The normalized spacial score (nSPS) is 12.6. The number of H-pyrrole nitrogens is 1. The standard InChI is InChI=1S/C23H21N5O2S2/c29-21(14-31-13-15-6-2-1-3-7-15)25-20-12-18(19-10-5-11-32-19)27-28(20)23-24-17-9-4-8-16(17)22(30)26-23/h1-3,5-7,10-12H,4,8-9,13-14H2,(H,25,29)(H,24,26,30). The Bertz CT molecular complexity index is 1300. The van der Waals surface area contributed by atoms with Crippen LogP contribution in [0.1, 0.15) is 23.2 Å². The van der Waals surface area contributed by atoms with Crippen molar-refractivity contribution < 1.29 is 4.79 Å². The monoisotopic (exact) mass is 463 g/mol. The molecule has 0 radical (unpaired) electrons. The number of aromatic amines is 1. The predicted octanol–water partition coefficient (Wildman–Crippen LogP) is 4.04. The molecule has 3 heterocycles. The molecule has 162 valence electrons. The lowest BCUT2D eigenvalue weighted by Crippen LogP contribution is -2.21. The summed E-state index contributed by atoms with van der Waals surface area (Å²) in [6, 6.07) is 15.8. The van der Waals surface area contributed by atoms with E-state index in [0.717, 1.165) is 46.8 Å². The van der Waals surface area contributed by atoms with Gasteiger partial charge in [0.05, 0.1) is 16.3 Å². The summed E-state index contributed by atoms with van der Waals surface area (Å²) in [5.74, 6) is 1.75. The molecule has 1 aromatic carbocycles. The lowest BCUT2D eigenvalue weighted by atomic mass is 10.2. The van der Waals surface area contributed by atoms with Crippen molar-refractivity contribution >= 4 is 34.8 Å². The Labute approximate surface area is 192 Å². The zero-order valence-corrected chi connectivity index (χ0v) is 18.8. The summed E-state index contributed by atoms with van der Waals surface area (Å²) in [5.41, 5.74) is 3.33. The number of nitrogens with zero attached hydrogens (tertiary/aromatic N) is 3. The van der Waals surface area contributed by atoms with E-state index in [1.165, 1.54) is 10.2 Å². The third kappa shape index (κ3) is 4.39. The van der Waals surface area contributed by atoms with Gasteiger partial charge in [0.15, 0.2) is 0 Å². The molecule has 0 atom stereocenters. The minimum atomic E-state index is -0.133. The first-order valence-corrected chi connectivity index (χ1v) is 12.4. The van der Waals surface area contributed by atoms with Crippen LogP contribution >= 0.6 is 23.1 Å². The number of amides is 1. The van der Waals surface area contributed by atoms with E-state index in [9.17, 15) is 9.59 Å². The second kappa shape index (κ2) is 9.13. The number of carbonyl (C=O) groups excluding carboxylic acids is 1. The predicted molar refractivity (Wildman–Crippen MR) is 129 cm³/mol. The molecular weight excluding hydrogens is 442 g/mol. The van der Waals surface area contributed by atoms with Gasteiger partial charge in [-0.3, -0.25) is 14.6 Å². The van der Waals surface area contributed by atoms with Gasteiger partial charge in [0, 0.05) is 17.4 Å². The van der Waals surface area contributed by atoms with E-state index in [-0.39, 0.29) is 11.5 Å². The average Bonchev–Trinajstić information content (AvgIpc) is 3.55. The molecule has 0 spiro atoms. The zero-order chi connectivity index (χ0) is 21.9. The number of benzene rings is 1. The Kier molecular flexibility index (Phi) is 5.91. The van der Waals surface area contributed by atoms with Gasteiger partial charge in [-0.1, -0.05) is 36.4 Å². The molecule has 7 nitrogen and oxygen atoms in total. The number of rotatable bonds is 7. The van der Waals surface area contributed by atoms with E-state index in [4.69, 9.17) is 0 Å². The number of hydrogen-bond acceptors (Lipinski definition) is 6. The SMILES string of the molecule is O=C(CSCc1ccccc1)Nc1cc(-c2cccs2)nn1-c1nc2c(c(=O)[nH]1)CCC2. The molecule has 0 saturated heterocycles. The number of aryl methyl sites for hydroxylation is 1. The van der Waals surface area contributed by atoms with Gasteiger partial charge in [0.2, 0.25) is 11.9 Å². The third-order valence-electron chi connectivity index (χ3n) is 5.22. The Morgan fingerprint density at radius 1 is 1.19 bits per heavy atom. The highest BCUT2D eigenvalue weighted by molar-refractivity contribution is 7.99. The fourth-order valence-electron chi connectivity index (χ4n) is 3.72. The molecule has 5 rings (SSSR count). The topological polar surface area (TPSA) is 92.7 Å². The lowest BCUT2D eigenvalue weighted by Gasteiger charge is -2.09. The summed E-state index contributed by atoms with van der Waals surface area (Å²) in [5, 5.41) is 9.57. The highest BCUT2D eigenvalue weighted by Gasteiger charge is 2.21.